The molecular weight excluding hydrogens is 461 g/mol. The Balaban J connectivity index is 1.67. The Morgan fingerprint density at radius 1 is 1.24 bits per heavy atom. The average Bonchev–Trinajstić information content (AvgIpc) is 3.11. The van der Waals surface area contributed by atoms with E-state index in [1.807, 2.05) is 32.1 Å². The van der Waals surface area contributed by atoms with E-state index in [1.165, 1.54) is 0 Å². The smallest absolute Gasteiger partial charge is 0.260 e. The number of anilines is 1. The van der Waals surface area contributed by atoms with Crippen LogP contribution in [0.25, 0.3) is 5.52 Å². The maximum Gasteiger partial charge on any atom is 0.260 e. The van der Waals surface area contributed by atoms with Crippen LogP contribution in [0.1, 0.15) is 60.5 Å². The zero-order valence-corrected chi connectivity index (χ0v) is 20.3. The number of nitrogens with two attached hydrogens (primary N) is 1. The zero-order valence-electron chi connectivity index (χ0n) is 19.5. The van der Waals surface area contributed by atoms with Gasteiger partial charge in [0.1, 0.15) is 28.5 Å². The quantitative estimate of drug-likeness (QED) is 0.587. The van der Waals surface area contributed by atoms with Crippen molar-refractivity contribution in [3.8, 4) is 5.75 Å². The van der Waals surface area contributed by atoms with Gasteiger partial charge in [0.2, 0.25) is 0 Å². The van der Waals surface area contributed by atoms with Crippen LogP contribution in [-0.2, 0) is 4.74 Å². The molecule has 0 saturated carbocycles. The predicted molar refractivity (Wildman–Crippen MR) is 126 cm³/mol. The number of aryl methyl sites for hydroxylation is 1. The van der Waals surface area contributed by atoms with Crippen LogP contribution in [0.4, 0.5) is 10.2 Å². The van der Waals surface area contributed by atoms with Crippen molar-refractivity contribution in [2.75, 3.05) is 18.8 Å². The van der Waals surface area contributed by atoms with Crippen LogP contribution in [0, 0.1) is 12.7 Å². The first-order valence-corrected chi connectivity index (χ1v) is 11.8. The third-order valence-electron chi connectivity index (χ3n) is 6.48. The number of aromatic nitrogens is 3. The Labute approximate surface area is 201 Å². The normalized spacial score (nSPS) is 24.7. The SMILES string of the molecule is Cc1nc([C@H]2CC(C)Oc3c2cc(Cl)c(F)c3C(=O)N2C[C@H](C)O[C@@H](C)C2)n2ccnc(N)c12. The summed E-state index contributed by atoms with van der Waals surface area (Å²) in [7, 11) is 0. The Bertz CT molecular complexity index is 1290. The van der Waals surface area contributed by atoms with E-state index in [1.54, 1.807) is 23.4 Å². The number of hydrogen-bond acceptors (Lipinski definition) is 6. The number of nitrogens with zero attached hydrogens (tertiary/aromatic N) is 4. The summed E-state index contributed by atoms with van der Waals surface area (Å²) in [5.41, 5.74) is 8.06. The number of carbonyl (C=O) groups is 1. The van der Waals surface area contributed by atoms with Crippen molar-refractivity contribution in [2.24, 2.45) is 0 Å². The molecule has 0 aliphatic carbocycles. The molecule has 180 valence electrons. The van der Waals surface area contributed by atoms with E-state index in [0.29, 0.717) is 36.7 Å². The maximum atomic E-state index is 15.4. The van der Waals surface area contributed by atoms with Crippen molar-refractivity contribution in [2.45, 2.75) is 58.3 Å². The molecule has 0 bridgehead atoms. The summed E-state index contributed by atoms with van der Waals surface area (Å²) in [4.78, 5) is 24.2. The molecule has 1 unspecified atom stereocenters. The molecule has 0 spiro atoms. The van der Waals surface area contributed by atoms with Crippen molar-refractivity contribution in [3.63, 3.8) is 0 Å². The van der Waals surface area contributed by atoms with Crippen LogP contribution in [0.2, 0.25) is 5.02 Å². The van der Waals surface area contributed by atoms with Gasteiger partial charge in [0.15, 0.2) is 5.82 Å². The minimum absolute atomic E-state index is 0.127. The molecule has 34 heavy (non-hydrogen) atoms. The number of fused-ring (bicyclic) bond motifs is 2. The van der Waals surface area contributed by atoms with Crippen LogP contribution >= 0.6 is 11.6 Å². The summed E-state index contributed by atoms with van der Waals surface area (Å²) in [6.07, 6.45) is 3.40. The second kappa shape index (κ2) is 8.39. The molecule has 3 aromatic rings. The summed E-state index contributed by atoms with van der Waals surface area (Å²) in [6, 6.07) is 1.55. The molecule has 2 N–H and O–H groups in total. The lowest BCUT2D eigenvalue weighted by molar-refractivity contribution is -0.0588. The highest BCUT2D eigenvalue weighted by Gasteiger charge is 2.38. The molecule has 1 fully saturated rings. The first-order chi connectivity index (χ1) is 16.2. The molecule has 1 saturated heterocycles. The summed E-state index contributed by atoms with van der Waals surface area (Å²) in [5.74, 6) is -0.200. The van der Waals surface area contributed by atoms with Crippen molar-refractivity contribution in [1.82, 2.24) is 19.3 Å². The van der Waals surface area contributed by atoms with Crippen LogP contribution in [0.15, 0.2) is 18.5 Å². The lowest BCUT2D eigenvalue weighted by Crippen LogP contribution is -2.48. The van der Waals surface area contributed by atoms with E-state index >= 15 is 4.39 Å². The van der Waals surface area contributed by atoms with Crippen LogP contribution in [0.3, 0.4) is 0 Å². The molecule has 4 atom stereocenters. The molecule has 10 heteroatoms. The number of rotatable bonds is 2. The van der Waals surface area contributed by atoms with Crippen LogP contribution in [0.5, 0.6) is 5.75 Å². The third kappa shape index (κ3) is 3.67. The molecule has 2 aliphatic rings. The Morgan fingerprint density at radius 3 is 2.65 bits per heavy atom. The number of benzene rings is 1. The van der Waals surface area contributed by atoms with Gasteiger partial charge in [0, 0.05) is 37.0 Å². The minimum Gasteiger partial charge on any atom is -0.489 e. The van der Waals surface area contributed by atoms with Crippen molar-refractivity contribution in [3.05, 3.63) is 51.9 Å². The lowest BCUT2D eigenvalue weighted by Gasteiger charge is -2.37. The third-order valence-corrected chi connectivity index (χ3v) is 6.75. The van der Waals surface area contributed by atoms with Gasteiger partial charge in [-0.15, -0.1) is 0 Å². The van der Waals surface area contributed by atoms with Gasteiger partial charge in [-0.2, -0.15) is 0 Å². The van der Waals surface area contributed by atoms with E-state index in [-0.39, 0.29) is 40.6 Å². The van der Waals surface area contributed by atoms with E-state index in [9.17, 15) is 4.79 Å². The fourth-order valence-electron chi connectivity index (χ4n) is 5.17. The monoisotopic (exact) mass is 487 g/mol. The number of hydrogen-bond donors (Lipinski definition) is 1. The molecule has 8 nitrogen and oxygen atoms in total. The second-order valence-electron chi connectivity index (χ2n) is 9.24. The average molecular weight is 488 g/mol. The Kier molecular flexibility index (Phi) is 5.64. The summed E-state index contributed by atoms with van der Waals surface area (Å²) >= 11 is 6.35. The number of ether oxygens (including phenoxy) is 2. The number of imidazole rings is 1. The standard InChI is InChI=1S/C24H27ClFN5O3/c1-11-7-16(23-29-14(4)20-22(27)28-5-6-31(20)23)15-8-17(25)19(26)18(21(15)34-11)24(32)30-9-12(2)33-13(3)10-30/h5-6,8,11-13,16H,7,9-10H2,1-4H3,(H2,27,28)/t11?,12-,13-,16-/m0/s1. The molecule has 1 aromatic carbocycles. The fraction of sp³-hybridized carbons (Fsp3) is 0.458. The first-order valence-electron chi connectivity index (χ1n) is 11.4. The summed E-state index contributed by atoms with van der Waals surface area (Å²) < 4.78 is 29.2. The van der Waals surface area contributed by atoms with Gasteiger partial charge < -0.3 is 20.1 Å². The molecule has 2 aliphatic heterocycles. The number of morpholine rings is 1. The van der Waals surface area contributed by atoms with Gasteiger partial charge in [0.25, 0.3) is 5.91 Å². The van der Waals surface area contributed by atoms with Gasteiger partial charge in [-0.25, -0.2) is 14.4 Å². The molecular formula is C24H27ClFN5O3. The van der Waals surface area contributed by atoms with E-state index in [2.05, 4.69) is 4.98 Å². The molecule has 0 radical (unpaired) electrons. The Morgan fingerprint density at radius 2 is 1.94 bits per heavy atom. The van der Waals surface area contributed by atoms with Gasteiger partial charge in [-0.3, -0.25) is 9.20 Å². The van der Waals surface area contributed by atoms with Gasteiger partial charge in [0.05, 0.1) is 29.0 Å². The highest BCUT2D eigenvalue weighted by Crippen LogP contribution is 2.45. The maximum absolute atomic E-state index is 15.4. The molecule has 5 rings (SSSR count). The van der Waals surface area contributed by atoms with Gasteiger partial charge >= 0.3 is 0 Å². The number of carbonyl (C=O) groups excluding carboxylic acids is 1. The van der Waals surface area contributed by atoms with Gasteiger partial charge in [-0.05, 0) is 40.2 Å². The minimum atomic E-state index is -0.775. The van der Waals surface area contributed by atoms with Crippen LogP contribution < -0.4 is 10.5 Å². The fourth-order valence-corrected chi connectivity index (χ4v) is 5.39. The second-order valence-corrected chi connectivity index (χ2v) is 9.64. The zero-order chi connectivity index (χ0) is 24.3. The lowest BCUT2D eigenvalue weighted by atomic mass is 9.87. The predicted octanol–water partition coefficient (Wildman–Crippen LogP) is 3.96. The Hall–Kier alpha value is -2.91. The first kappa shape index (κ1) is 22.9. The van der Waals surface area contributed by atoms with Crippen molar-refractivity contribution in [1.29, 1.82) is 0 Å². The van der Waals surface area contributed by atoms with Crippen LogP contribution in [-0.4, -0.2) is 56.6 Å². The number of halogens is 2. The van der Waals surface area contributed by atoms with E-state index in [4.69, 9.17) is 31.8 Å². The topological polar surface area (TPSA) is 95.0 Å². The van der Waals surface area contributed by atoms with Crippen molar-refractivity contribution >= 4 is 28.8 Å². The summed E-state index contributed by atoms with van der Waals surface area (Å²) in [6.45, 7) is 8.27. The largest absolute Gasteiger partial charge is 0.489 e. The van der Waals surface area contributed by atoms with Gasteiger partial charge in [-0.1, -0.05) is 11.6 Å². The molecule has 4 heterocycles. The highest BCUT2D eigenvalue weighted by molar-refractivity contribution is 6.31. The number of amides is 1. The van der Waals surface area contributed by atoms with E-state index < -0.39 is 11.7 Å². The molecule has 1 amide bonds. The van der Waals surface area contributed by atoms with Crippen molar-refractivity contribution < 1.29 is 18.7 Å². The number of nitrogen functional groups attached to an aromatic ring is 1. The summed E-state index contributed by atoms with van der Waals surface area (Å²) in [5, 5.41) is -0.127. The van der Waals surface area contributed by atoms with E-state index in [0.717, 1.165) is 11.2 Å². The highest BCUT2D eigenvalue weighted by atomic mass is 35.5. The molecule has 2 aromatic heterocycles.